The lowest BCUT2D eigenvalue weighted by atomic mass is 10.1. The molecular weight excluding hydrogens is 347 g/mol. The van der Waals surface area contributed by atoms with Crippen molar-refractivity contribution < 1.29 is 9.18 Å². The first kappa shape index (κ1) is 18.1. The number of benzene rings is 2. The summed E-state index contributed by atoms with van der Waals surface area (Å²) in [5.74, 6) is -0.679. The molecule has 27 heavy (non-hydrogen) atoms. The van der Waals surface area contributed by atoms with Crippen LogP contribution in [0, 0.1) is 19.7 Å². The standard InChI is InChI=1S/C19H19FN6O/c1-11-7-8-15(12(2)9-11)24-17-16(21)18(23-10-22-17)25-26-19(27)13-5-3-4-6-14(13)20/h3-10H,21H2,1-2H3,(H,26,27)(H2,22,23,24,25). The maximum atomic E-state index is 13.7. The van der Waals surface area contributed by atoms with E-state index >= 15 is 0 Å². The van der Waals surface area contributed by atoms with Crippen LogP contribution in [0.2, 0.25) is 0 Å². The number of rotatable bonds is 5. The van der Waals surface area contributed by atoms with Gasteiger partial charge in [0.2, 0.25) is 0 Å². The number of aryl methyl sites for hydroxylation is 2. The number of aromatic nitrogens is 2. The summed E-state index contributed by atoms with van der Waals surface area (Å²) in [6.45, 7) is 3.98. The number of nitrogen functional groups attached to an aromatic ring is 1. The third-order valence-corrected chi connectivity index (χ3v) is 3.93. The van der Waals surface area contributed by atoms with Gasteiger partial charge < -0.3 is 11.1 Å². The molecule has 1 aromatic heterocycles. The van der Waals surface area contributed by atoms with Crippen LogP contribution in [0.4, 0.5) is 27.4 Å². The van der Waals surface area contributed by atoms with Crippen LogP contribution >= 0.6 is 0 Å². The Hall–Kier alpha value is -3.68. The van der Waals surface area contributed by atoms with Crippen molar-refractivity contribution in [1.82, 2.24) is 15.4 Å². The van der Waals surface area contributed by atoms with Gasteiger partial charge in [0.1, 0.15) is 17.8 Å². The zero-order chi connectivity index (χ0) is 19.4. The van der Waals surface area contributed by atoms with E-state index in [-0.39, 0.29) is 17.1 Å². The second-order valence-electron chi connectivity index (χ2n) is 5.99. The predicted molar refractivity (Wildman–Crippen MR) is 103 cm³/mol. The molecule has 8 heteroatoms. The van der Waals surface area contributed by atoms with Gasteiger partial charge in [-0.05, 0) is 37.6 Å². The van der Waals surface area contributed by atoms with Crippen molar-refractivity contribution in [2.45, 2.75) is 13.8 Å². The molecule has 0 aliphatic carbocycles. The van der Waals surface area contributed by atoms with Gasteiger partial charge in [-0.1, -0.05) is 29.8 Å². The number of carbonyl (C=O) groups excluding carboxylic acids is 1. The number of nitrogens with one attached hydrogen (secondary N) is 3. The van der Waals surface area contributed by atoms with Gasteiger partial charge in [-0.15, -0.1) is 0 Å². The average molecular weight is 366 g/mol. The zero-order valence-electron chi connectivity index (χ0n) is 14.9. The summed E-state index contributed by atoms with van der Waals surface area (Å²) in [4.78, 5) is 20.2. The van der Waals surface area contributed by atoms with E-state index in [1.165, 1.54) is 24.5 Å². The van der Waals surface area contributed by atoms with Crippen LogP contribution in [0.5, 0.6) is 0 Å². The molecule has 0 saturated heterocycles. The molecule has 1 heterocycles. The molecule has 2 aromatic carbocycles. The minimum absolute atomic E-state index is 0.0914. The number of hydrogen-bond donors (Lipinski definition) is 4. The number of nitrogens with zero attached hydrogens (tertiary/aromatic N) is 2. The van der Waals surface area contributed by atoms with Crippen molar-refractivity contribution in [3.8, 4) is 0 Å². The van der Waals surface area contributed by atoms with Crippen LogP contribution in [-0.2, 0) is 0 Å². The lowest BCUT2D eigenvalue weighted by molar-refractivity contribution is 0.0958. The molecule has 5 N–H and O–H groups in total. The molecule has 3 aromatic rings. The highest BCUT2D eigenvalue weighted by Gasteiger charge is 2.13. The van der Waals surface area contributed by atoms with Crippen LogP contribution in [0.25, 0.3) is 0 Å². The van der Waals surface area contributed by atoms with E-state index in [1.807, 2.05) is 32.0 Å². The molecule has 0 atom stereocenters. The second-order valence-corrected chi connectivity index (χ2v) is 5.99. The first-order chi connectivity index (χ1) is 13.0. The van der Waals surface area contributed by atoms with E-state index < -0.39 is 11.7 Å². The Labute approximate surface area is 155 Å². The summed E-state index contributed by atoms with van der Waals surface area (Å²) in [6.07, 6.45) is 1.31. The molecule has 3 rings (SSSR count). The zero-order valence-corrected chi connectivity index (χ0v) is 14.9. The quantitative estimate of drug-likeness (QED) is 0.516. The Morgan fingerprint density at radius 1 is 1.07 bits per heavy atom. The molecular formula is C19H19FN6O. The predicted octanol–water partition coefficient (Wildman–Crippen LogP) is 3.32. The van der Waals surface area contributed by atoms with Gasteiger partial charge in [-0.3, -0.25) is 15.6 Å². The molecule has 0 radical (unpaired) electrons. The summed E-state index contributed by atoms with van der Waals surface area (Å²) >= 11 is 0. The summed E-state index contributed by atoms with van der Waals surface area (Å²) in [5.41, 5.74) is 14.2. The van der Waals surface area contributed by atoms with E-state index in [0.29, 0.717) is 5.82 Å². The topological polar surface area (TPSA) is 105 Å². The number of anilines is 4. The monoisotopic (exact) mass is 366 g/mol. The molecule has 0 saturated carbocycles. The maximum absolute atomic E-state index is 13.7. The Morgan fingerprint density at radius 2 is 1.81 bits per heavy atom. The highest BCUT2D eigenvalue weighted by atomic mass is 19.1. The fourth-order valence-electron chi connectivity index (χ4n) is 2.50. The van der Waals surface area contributed by atoms with E-state index in [0.717, 1.165) is 16.8 Å². The summed E-state index contributed by atoms with van der Waals surface area (Å²) in [6, 6.07) is 11.6. The first-order valence-electron chi connectivity index (χ1n) is 8.21. The minimum atomic E-state index is -0.644. The van der Waals surface area contributed by atoms with Crippen molar-refractivity contribution in [1.29, 1.82) is 0 Å². The summed E-state index contributed by atoms with van der Waals surface area (Å²) in [7, 11) is 0. The van der Waals surface area contributed by atoms with Gasteiger partial charge in [0.05, 0.1) is 5.56 Å². The van der Waals surface area contributed by atoms with Crippen molar-refractivity contribution in [3.63, 3.8) is 0 Å². The van der Waals surface area contributed by atoms with Crippen molar-refractivity contribution in [2.75, 3.05) is 16.5 Å². The van der Waals surface area contributed by atoms with Gasteiger partial charge in [-0.2, -0.15) is 0 Å². The van der Waals surface area contributed by atoms with E-state index in [1.54, 1.807) is 6.07 Å². The number of amides is 1. The van der Waals surface area contributed by atoms with E-state index in [2.05, 4.69) is 26.1 Å². The largest absolute Gasteiger partial charge is 0.393 e. The SMILES string of the molecule is Cc1ccc(Nc2ncnc(NNC(=O)c3ccccc3F)c2N)c(C)c1. The fraction of sp³-hybridized carbons (Fsp3) is 0.105. The summed E-state index contributed by atoms with van der Waals surface area (Å²) < 4.78 is 13.7. The number of carbonyl (C=O) groups is 1. The second kappa shape index (κ2) is 7.69. The molecule has 0 bridgehead atoms. The lowest BCUT2D eigenvalue weighted by Gasteiger charge is -2.14. The third-order valence-electron chi connectivity index (χ3n) is 3.93. The van der Waals surface area contributed by atoms with Gasteiger partial charge in [0.15, 0.2) is 11.6 Å². The molecule has 0 fully saturated rings. The third kappa shape index (κ3) is 4.12. The molecule has 0 unspecified atom stereocenters. The van der Waals surface area contributed by atoms with E-state index in [4.69, 9.17) is 5.73 Å². The smallest absolute Gasteiger partial charge is 0.272 e. The number of nitrogens with two attached hydrogens (primary N) is 1. The highest BCUT2D eigenvalue weighted by Crippen LogP contribution is 2.27. The number of halogens is 1. The van der Waals surface area contributed by atoms with Crippen molar-refractivity contribution >= 4 is 28.9 Å². The van der Waals surface area contributed by atoms with Crippen LogP contribution in [0.1, 0.15) is 21.5 Å². The Bertz CT molecular complexity index is 992. The first-order valence-corrected chi connectivity index (χ1v) is 8.21. The van der Waals surface area contributed by atoms with Gasteiger partial charge in [-0.25, -0.2) is 14.4 Å². The van der Waals surface area contributed by atoms with Crippen LogP contribution < -0.4 is 21.9 Å². The van der Waals surface area contributed by atoms with Gasteiger partial charge >= 0.3 is 0 Å². The van der Waals surface area contributed by atoms with Crippen molar-refractivity contribution in [2.24, 2.45) is 0 Å². The molecule has 7 nitrogen and oxygen atoms in total. The number of hydrazine groups is 1. The van der Waals surface area contributed by atoms with Gasteiger partial charge in [0.25, 0.3) is 5.91 Å². The molecule has 0 aliphatic rings. The Morgan fingerprint density at radius 3 is 2.56 bits per heavy atom. The van der Waals surface area contributed by atoms with Crippen LogP contribution in [0.15, 0.2) is 48.8 Å². The normalized spacial score (nSPS) is 10.3. The Balaban J connectivity index is 1.75. The summed E-state index contributed by atoms with van der Waals surface area (Å²) in [5, 5.41) is 3.15. The molecule has 0 aliphatic heterocycles. The van der Waals surface area contributed by atoms with Gasteiger partial charge in [0, 0.05) is 5.69 Å². The number of hydrogen-bond acceptors (Lipinski definition) is 6. The fourth-order valence-corrected chi connectivity index (χ4v) is 2.50. The molecule has 138 valence electrons. The van der Waals surface area contributed by atoms with E-state index in [9.17, 15) is 9.18 Å². The maximum Gasteiger partial charge on any atom is 0.272 e. The minimum Gasteiger partial charge on any atom is -0.393 e. The highest BCUT2D eigenvalue weighted by molar-refractivity contribution is 5.95. The van der Waals surface area contributed by atoms with Crippen LogP contribution in [0.3, 0.4) is 0 Å². The average Bonchev–Trinajstić information content (AvgIpc) is 2.64. The molecule has 1 amide bonds. The van der Waals surface area contributed by atoms with Crippen molar-refractivity contribution in [3.05, 3.63) is 71.3 Å². The Kier molecular flexibility index (Phi) is 5.16. The molecule has 0 spiro atoms. The van der Waals surface area contributed by atoms with Crippen LogP contribution in [-0.4, -0.2) is 15.9 Å². The lowest BCUT2D eigenvalue weighted by Crippen LogP contribution is -2.31.